The van der Waals surface area contributed by atoms with Gasteiger partial charge in [0.15, 0.2) is 0 Å². The van der Waals surface area contributed by atoms with Crippen molar-refractivity contribution in [3.8, 4) is 5.75 Å². The number of hydrogen-bond acceptors (Lipinski definition) is 3. The van der Waals surface area contributed by atoms with E-state index in [1.54, 1.807) is 12.1 Å². The van der Waals surface area contributed by atoms with E-state index in [0.717, 1.165) is 36.5 Å². The molecule has 0 atom stereocenters. The number of alkyl halides is 3. The molecule has 0 aromatic heterocycles. The number of carbonyl (C=O) groups excluding carboxylic acids is 1. The third-order valence-corrected chi connectivity index (χ3v) is 3.79. The minimum Gasteiger partial charge on any atom is -0.489 e. The molecule has 2 aromatic rings. The maximum absolute atomic E-state index is 12.5. The molecule has 1 heterocycles. The second kappa shape index (κ2) is 6.07. The van der Waals surface area contributed by atoms with E-state index in [4.69, 9.17) is 4.74 Å². The van der Waals surface area contributed by atoms with Gasteiger partial charge in [0.1, 0.15) is 12.4 Å². The Morgan fingerprint density at radius 2 is 1.88 bits per heavy atom. The van der Waals surface area contributed by atoms with Crippen molar-refractivity contribution in [2.75, 3.05) is 30.4 Å². The second-order valence-electron chi connectivity index (χ2n) is 5.48. The van der Waals surface area contributed by atoms with E-state index in [0.29, 0.717) is 18.0 Å². The van der Waals surface area contributed by atoms with Crippen LogP contribution < -0.4 is 15.0 Å². The van der Waals surface area contributed by atoms with Gasteiger partial charge in [-0.25, -0.2) is 0 Å². The Balaban J connectivity index is 1.75. The van der Waals surface area contributed by atoms with Crippen molar-refractivity contribution in [2.45, 2.75) is 6.18 Å². The van der Waals surface area contributed by atoms with E-state index < -0.39 is 17.6 Å². The number of nitrogens with zero attached hydrogens (tertiary/aromatic N) is 1. The first-order valence-corrected chi connectivity index (χ1v) is 7.31. The number of fused-ring (bicyclic) bond motifs is 1. The van der Waals surface area contributed by atoms with Gasteiger partial charge < -0.3 is 15.0 Å². The van der Waals surface area contributed by atoms with Crippen molar-refractivity contribution < 1.29 is 22.7 Å². The van der Waals surface area contributed by atoms with Crippen LogP contribution in [0.5, 0.6) is 5.75 Å². The monoisotopic (exact) mass is 336 g/mol. The standard InChI is InChI=1S/C17H15F3N2O2/c1-22-8-9-24-15-10-13(6-7-14(15)22)21-16(23)11-2-4-12(5-3-11)17(18,19)20/h2-7,10H,8-9H2,1H3,(H,21,23). The number of halogens is 3. The molecule has 126 valence electrons. The number of anilines is 2. The summed E-state index contributed by atoms with van der Waals surface area (Å²) in [7, 11) is 1.95. The fourth-order valence-corrected chi connectivity index (χ4v) is 2.45. The third-order valence-electron chi connectivity index (χ3n) is 3.79. The summed E-state index contributed by atoms with van der Waals surface area (Å²) in [6.45, 7) is 1.34. The molecular formula is C17H15F3N2O2. The van der Waals surface area contributed by atoms with Crippen LogP contribution in [0.4, 0.5) is 24.5 Å². The topological polar surface area (TPSA) is 41.6 Å². The van der Waals surface area contributed by atoms with Crippen LogP contribution in [0.3, 0.4) is 0 Å². The van der Waals surface area contributed by atoms with E-state index in [2.05, 4.69) is 5.32 Å². The molecule has 2 aromatic carbocycles. The summed E-state index contributed by atoms with van der Waals surface area (Å²) in [4.78, 5) is 14.2. The lowest BCUT2D eigenvalue weighted by molar-refractivity contribution is -0.137. The number of ether oxygens (including phenoxy) is 1. The molecule has 0 bridgehead atoms. The van der Waals surface area contributed by atoms with Gasteiger partial charge >= 0.3 is 6.18 Å². The molecule has 7 heteroatoms. The number of carbonyl (C=O) groups is 1. The van der Waals surface area contributed by atoms with Crippen molar-refractivity contribution in [3.05, 3.63) is 53.6 Å². The maximum atomic E-state index is 12.5. The minimum absolute atomic E-state index is 0.152. The molecular weight excluding hydrogens is 321 g/mol. The summed E-state index contributed by atoms with van der Waals surface area (Å²) >= 11 is 0. The molecule has 0 unspecified atom stereocenters. The predicted molar refractivity (Wildman–Crippen MR) is 84.6 cm³/mol. The number of hydrogen-bond donors (Lipinski definition) is 1. The van der Waals surface area contributed by atoms with Crippen LogP contribution in [0.15, 0.2) is 42.5 Å². The average Bonchev–Trinajstić information content (AvgIpc) is 2.54. The van der Waals surface area contributed by atoms with Gasteiger partial charge in [-0.3, -0.25) is 4.79 Å². The largest absolute Gasteiger partial charge is 0.489 e. The minimum atomic E-state index is -4.42. The Bertz CT molecular complexity index is 757. The smallest absolute Gasteiger partial charge is 0.416 e. The van der Waals surface area contributed by atoms with E-state index in [9.17, 15) is 18.0 Å². The van der Waals surface area contributed by atoms with Gasteiger partial charge in [-0.1, -0.05) is 0 Å². The summed E-state index contributed by atoms with van der Waals surface area (Å²) in [6, 6.07) is 9.34. The molecule has 1 aliphatic rings. The van der Waals surface area contributed by atoms with Gasteiger partial charge in [0.25, 0.3) is 5.91 Å². The lowest BCUT2D eigenvalue weighted by atomic mass is 10.1. The van der Waals surface area contributed by atoms with E-state index in [1.807, 2.05) is 18.0 Å². The molecule has 0 fully saturated rings. The summed E-state index contributed by atoms with van der Waals surface area (Å²) in [5, 5.41) is 2.66. The number of amides is 1. The first kappa shape index (κ1) is 16.2. The molecule has 0 saturated heterocycles. The average molecular weight is 336 g/mol. The van der Waals surface area contributed by atoms with Crippen LogP contribution in [-0.4, -0.2) is 26.1 Å². The highest BCUT2D eigenvalue weighted by molar-refractivity contribution is 6.04. The van der Waals surface area contributed by atoms with Gasteiger partial charge in [0.05, 0.1) is 17.8 Å². The molecule has 1 aliphatic heterocycles. The Labute approximate surface area is 136 Å². The number of nitrogens with one attached hydrogen (secondary N) is 1. The first-order valence-electron chi connectivity index (χ1n) is 7.31. The zero-order valence-corrected chi connectivity index (χ0v) is 12.9. The van der Waals surface area contributed by atoms with Crippen LogP contribution in [0.1, 0.15) is 15.9 Å². The normalized spacial score (nSPS) is 13.9. The van der Waals surface area contributed by atoms with Gasteiger partial charge in [-0.15, -0.1) is 0 Å². The number of rotatable bonds is 2. The van der Waals surface area contributed by atoms with E-state index in [1.165, 1.54) is 0 Å². The van der Waals surface area contributed by atoms with Crippen LogP contribution >= 0.6 is 0 Å². The quantitative estimate of drug-likeness (QED) is 0.907. The molecule has 24 heavy (non-hydrogen) atoms. The highest BCUT2D eigenvalue weighted by atomic mass is 19.4. The van der Waals surface area contributed by atoms with Crippen molar-refractivity contribution in [2.24, 2.45) is 0 Å². The Hall–Kier alpha value is -2.70. The SMILES string of the molecule is CN1CCOc2cc(NC(=O)c3ccc(C(F)(F)F)cc3)ccc21. The molecule has 0 aliphatic carbocycles. The molecule has 3 rings (SSSR count). The van der Waals surface area contributed by atoms with Crippen LogP contribution in [0.2, 0.25) is 0 Å². The number of likely N-dealkylation sites (N-methyl/N-ethyl adjacent to an activating group) is 1. The predicted octanol–water partition coefficient (Wildman–Crippen LogP) is 3.79. The summed E-state index contributed by atoms with van der Waals surface area (Å²) in [6.07, 6.45) is -4.42. The van der Waals surface area contributed by atoms with Gasteiger partial charge in [0, 0.05) is 24.4 Å². The van der Waals surface area contributed by atoms with E-state index >= 15 is 0 Å². The fourth-order valence-electron chi connectivity index (χ4n) is 2.45. The Morgan fingerprint density at radius 3 is 2.54 bits per heavy atom. The molecule has 1 amide bonds. The van der Waals surface area contributed by atoms with Gasteiger partial charge in [-0.05, 0) is 36.4 Å². The van der Waals surface area contributed by atoms with Crippen LogP contribution in [-0.2, 0) is 6.18 Å². The first-order chi connectivity index (χ1) is 11.3. The zero-order valence-electron chi connectivity index (χ0n) is 12.9. The second-order valence-corrected chi connectivity index (χ2v) is 5.48. The zero-order chi connectivity index (χ0) is 17.3. The van der Waals surface area contributed by atoms with E-state index in [-0.39, 0.29) is 5.56 Å². The fraction of sp³-hybridized carbons (Fsp3) is 0.235. The van der Waals surface area contributed by atoms with Gasteiger partial charge in [0.2, 0.25) is 0 Å². The van der Waals surface area contributed by atoms with Crippen molar-refractivity contribution in [1.82, 2.24) is 0 Å². The lowest BCUT2D eigenvalue weighted by Gasteiger charge is -2.27. The van der Waals surface area contributed by atoms with Crippen molar-refractivity contribution >= 4 is 17.3 Å². The molecule has 1 N–H and O–H groups in total. The Kier molecular flexibility index (Phi) is 4.09. The summed E-state index contributed by atoms with van der Waals surface area (Å²) < 4.78 is 43.2. The lowest BCUT2D eigenvalue weighted by Crippen LogP contribution is -2.28. The van der Waals surface area contributed by atoms with Crippen LogP contribution in [0, 0.1) is 0 Å². The third kappa shape index (κ3) is 3.29. The molecule has 4 nitrogen and oxygen atoms in total. The Morgan fingerprint density at radius 1 is 1.17 bits per heavy atom. The van der Waals surface area contributed by atoms with Crippen LogP contribution in [0.25, 0.3) is 0 Å². The number of benzene rings is 2. The van der Waals surface area contributed by atoms with Gasteiger partial charge in [-0.2, -0.15) is 13.2 Å². The molecule has 0 spiro atoms. The van der Waals surface area contributed by atoms with Crippen molar-refractivity contribution in [1.29, 1.82) is 0 Å². The summed E-state index contributed by atoms with van der Waals surface area (Å²) in [5.74, 6) is 0.182. The molecule has 0 saturated carbocycles. The maximum Gasteiger partial charge on any atom is 0.416 e. The molecule has 0 radical (unpaired) electrons. The highest BCUT2D eigenvalue weighted by Gasteiger charge is 2.30. The highest BCUT2D eigenvalue weighted by Crippen LogP contribution is 2.33. The van der Waals surface area contributed by atoms with Crippen molar-refractivity contribution in [3.63, 3.8) is 0 Å². The summed E-state index contributed by atoms with van der Waals surface area (Å²) in [5.41, 5.74) is 0.811.